The minimum absolute atomic E-state index is 0.689. The summed E-state index contributed by atoms with van der Waals surface area (Å²) < 4.78 is 0. The van der Waals surface area contributed by atoms with Gasteiger partial charge in [0.25, 0.3) is 0 Å². The molecule has 0 saturated carbocycles. The Bertz CT molecular complexity index is 697. The van der Waals surface area contributed by atoms with Crippen LogP contribution in [0.2, 0.25) is 0 Å². The molecule has 0 atom stereocenters. The van der Waals surface area contributed by atoms with Crippen LogP contribution in [-0.4, -0.2) is 29.6 Å². The Morgan fingerprint density at radius 2 is 2.00 bits per heavy atom. The predicted molar refractivity (Wildman–Crippen MR) is 85.5 cm³/mol. The molecule has 3 nitrogen and oxygen atoms in total. The molecule has 2 aromatic rings. The number of nitrogens with zero attached hydrogens (tertiary/aromatic N) is 3. The lowest BCUT2D eigenvalue weighted by atomic mass is 10.0. The monoisotopic (exact) mass is 283 g/mol. The molecule has 2 heterocycles. The summed E-state index contributed by atoms with van der Waals surface area (Å²) in [7, 11) is 0. The second-order valence-corrected chi connectivity index (χ2v) is 6.43. The van der Waals surface area contributed by atoms with Gasteiger partial charge in [-0.1, -0.05) is 11.6 Å². The topological polar surface area (TPSA) is 39.9 Å². The molecule has 1 aromatic carbocycles. The van der Waals surface area contributed by atoms with Crippen LogP contribution in [0.25, 0.3) is 10.9 Å². The Morgan fingerprint density at radius 1 is 1.25 bits per heavy atom. The van der Waals surface area contributed by atoms with Crippen LogP contribution in [0.3, 0.4) is 0 Å². The summed E-state index contributed by atoms with van der Waals surface area (Å²) in [6.07, 6.45) is 1.72. The van der Waals surface area contributed by atoms with Crippen LogP contribution < -0.4 is 4.90 Å². The van der Waals surface area contributed by atoms with E-state index < -0.39 is 0 Å². The van der Waals surface area contributed by atoms with Crippen molar-refractivity contribution in [3.63, 3.8) is 0 Å². The number of aryl methyl sites for hydroxylation is 2. The number of aromatic nitrogens is 1. The van der Waals surface area contributed by atoms with Crippen LogP contribution in [-0.2, 0) is 0 Å². The van der Waals surface area contributed by atoms with Crippen molar-refractivity contribution in [2.45, 2.75) is 13.8 Å². The summed E-state index contributed by atoms with van der Waals surface area (Å²) in [5.74, 6) is 2.25. The number of rotatable bonds is 1. The highest BCUT2D eigenvalue weighted by molar-refractivity contribution is 7.99. The van der Waals surface area contributed by atoms with E-state index in [0.717, 1.165) is 41.2 Å². The molecular weight excluding hydrogens is 266 g/mol. The summed E-state index contributed by atoms with van der Waals surface area (Å²) in [4.78, 5) is 6.84. The number of anilines is 1. The predicted octanol–water partition coefficient (Wildman–Crippen LogP) is 3.28. The Morgan fingerprint density at radius 3 is 2.70 bits per heavy atom. The van der Waals surface area contributed by atoms with Gasteiger partial charge in [0.2, 0.25) is 0 Å². The Balaban J connectivity index is 2.28. The molecule has 0 radical (unpaired) electrons. The molecule has 0 spiro atoms. The number of benzene rings is 1. The van der Waals surface area contributed by atoms with Gasteiger partial charge in [-0.25, -0.2) is 0 Å². The normalized spacial score (nSPS) is 15.3. The van der Waals surface area contributed by atoms with E-state index in [1.807, 2.05) is 11.8 Å². The van der Waals surface area contributed by atoms with Gasteiger partial charge >= 0.3 is 0 Å². The highest BCUT2D eigenvalue weighted by Crippen LogP contribution is 2.33. The fraction of sp³-hybridized carbons (Fsp3) is 0.375. The fourth-order valence-corrected chi connectivity index (χ4v) is 3.76. The smallest absolute Gasteiger partial charge is 0.103 e. The van der Waals surface area contributed by atoms with E-state index in [9.17, 15) is 5.26 Å². The van der Waals surface area contributed by atoms with Crippen LogP contribution in [0, 0.1) is 25.2 Å². The third-order valence-electron chi connectivity index (χ3n) is 3.73. The average molecular weight is 283 g/mol. The van der Waals surface area contributed by atoms with E-state index in [1.165, 1.54) is 11.1 Å². The van der Waals surface area contributed by atoms with Crippen LogP contribution in [0.1, 0.15) is 16.7 Å². The highest BCUT2D eigenvalue weighted by Gasteiger charge is 2.19. The zero-order valence-corrected chi connectivity index (χ0v) is 12.6. The van der Waals surface area contributed by atoms with E-state index in [-0.39, 0.29) is 0 Å². The standard InChI is InChI=1S/C16H17N3S/c1-11-7-12(2)15-14(8-11)16(13(9-17)10-18-15)19-3-5-20-6-4-19/h7-8,10H,3-6H2,1-2H3. The summed E-state index contributed by atoms with van der Waals surface area (Å²) in [6.45, 7) is 6.20. The minimum Gasteiger partial charge on any atom is -0.368 e. The number of nitriles is 1. The zero-order chi connectivity index (χ0) is 14.1. The molecule has 0 aliphatic carbocycles. The molecule has 1 aliphatic heterocycles. The van der Waals surface area contributed by atoms with E-state index in [1.54, 1.807) is 6.20 Å². The third kappa shape index (κ3) is 2.23. The molecule has 0 unspecified atom stereocenters. The van der Waals surface area contributed by atoms with Gasteiger partial charge in [-0.3, -0.25) is 4.98 Å². The molecule has 102 valence electrons. The van der Waals surface area contributed by atoms with Crippen LogP contribution >= 0.6 is 11.8 Å². The van der Waals surface area contributed by atoms with Crippen molar-refractivity contribution < 1.29 is 0 Å². The molecule has 0 N–H and O–H groups in total. The maximum absolute atomic E-state index is 9.43. The zero-order valence-electron chi connectivity index (χ0n) is 11.8. The summed E-state index contributed by atoms with van der Waals surface area (Å²) >= 11 is 1.98. The molecule has 20 heavy (non-hydrogen) atoms. The molecule has 4 heteroatoms. The SMILES string of the molecule is Cc1cc(C)c2ncc(C#N)c(N3CCSCC3)c2c1. The molecule has 0 amide bonds. The molecule has 3 rings (SSSR count). The molecule has 1 saturated heterocycles. The first kappa shape index (κ1) is 13.3. The maximum Gasteiger partial charge on any atom is 0.103 e. The van der Waals surface area contributed by atoms with Gasteiger partial charge in [-0.2, -0.15) is 17.0 Å². The number of thioether (sulfide) groups is 1. The second-order valence-electron chi connectivity index (χ2n) is 5.21. The van der Waals surface area contributed by atoms with E-state index >= 15 is 0 Å². The van der Waals surface area contributed by atoms with Gasteiger partial charge in [0, 0.05) is 36.2 Å². The number of fused-ring (bicyclic) bond motifs is 1. The third-order valence-corrected chi connectivity index (χ3v) is 4.67. The van der Waals surface area contributed by atoms with E-state index in [4.69, 9.17) is 0 Å². The molecule has 1 aromatic heterocycles. The van der Waals surface area contributed by atoms with Gasteiger partial charge in [0.1, 0.15) is 6.07 Å². The molecule has 0 bridgehead atoms. The van der Waals surface area contributed by atoms with Gasteiger partial charge in [0.15, 0.2) is 0 Å². The van der Waals surface area contributed by atoms with Gasteiger partial charge in [-0.15, -0.1) is 0 Å². The summed E-state index contributed by atoms with van der Waals surface area (Å²) in [6, 6.07) is 6.62. The lowest BCUT2D eigenvalue weighted by molar-refractivity contribution is 0.860. The largest absolute Gasteiger partial charge is 0.368 e. The number of hydrogen-bond acceptors (Lipinski definition) is 4. The Hall–Kier alpha value is -1.73. The van der Waals surface area contributed by atoms with Crippen molar-refractivity contribution in [1.29, 1.82) is 5.26 Å². The average Bonchev–Trinajstić information content (AvgIpc) is 2.46. The van der Waals surface area contributed by atoms with Crippen molar-refractivity contribution in [1.82, 2.24) is 4.98 Å². The van der Waals surface area contributed by atoms with Crippen molar-refractivity contribution in [2.24, 2.45) is 0 Å². The summed E-state index contributed by atoms with van der Waals surface area (Å²) in [5.41, 5.74) is 5.18. The Kier molecular flexibility index (Phi) is 3.54. The van der Waals surface area contributed by atoms with Crippen molar-refractivity contribution in [2.75, 3.05) is 29.5 Å². The van der Waals surface area contributed by atoms with Gasteiger partial charge < -0.3 is 4.90 Å². The quantitative estimate of drug-likeness (QED) is 0.805. The van der Waals surface area contributed by atoms with Crippen LogP contribution in [0.15, 0.2) is 18.3 Å². The lowest BCUT2D eigenvalue weighted by Gasteiger charge is -2.30. The first-order chi connectivity index (χ1) is 9.70. The first-order valence-corrected chi connectivity index (χ1v) is 7.99. The highest BCUT2D eigenvalue weighted by atomic mass is 32.2. The Labute approximate surface area is 123 Å². The van der Waals surface area contributed by atoms with Gasteiger partial charge in [0.05, 0.1) is 16.8 Å². The second kappa shape index (κ2) is 5.34. The van der Waals surface area contributed by atoms with Crippen LogP contribution in [0.4, 0.5) is 5.69 Å². The maximum atomic E-state index is 9.43. The van der Waals surface area contributed by atoms with Gasteiger partial charge in [-0.05, 0) is 25.5 Å². The lowest BCUT2D eigenvalue weighted by Crippen LogP contribution is -2.33. The number of hydrogen-bond donors (Lipinski definition) is 0. The molecule has 1 aliphatic rings. The number of pyridine rings is 1. The van der Waals surface area contributed by atoms with E-state index in [0.29, 0.717) is 5.56 Å². The van der Waals surface area contributed by atoms with Crippen LogP contribution in [0.5, 0.6) is 0 Å². The fourth-order valence-electron chi connectivity index (χ4n) is 2.86. The summed E-state index contributed by atoms with van der Waals surface area (Å²) in [5, 5.41) is 10.5. The van der Waals surface area contributed by atoms with Crippen molar-refractivity contribution in [3.8, 4) is 6.07 Å². The molecule has 1 fully saturated rings. The first-order valence-electron chi connectivity index (χ1n) is 6.83. The molecular formula is C16H17N3S. The van der Waals surface area contributed by atoms with Crippen molar-refractivity contribution >= 4 is 28.4 Å². The minimum atomic E-state index is 0.689. The van der Waals surface area contributed by atoms with Crippen molar-refractivity contribution in [3.05, 3.63) is 35.0 Å². The van der Waals surface area contributed by atoms with E-state index in [2.05, 4.69) is 41.9 Å².